The van der Waals surface area contributed by atoms with E-state index in [2.05, 4.69) is 38.2 Å². The number of aromatic nitrogens is 2. The Morgan fingerprint density at radius 3 is 2.76 bits per heavy atom. The molecule has 0 aliphatic heterocycles. The van der Waals surface area contributed by atoms with Crippen molar-refractivity contribution in [3.8, 4) is 0 Å². The monoisotopic (exact) mass is 294 g/mol. The van der Waals surface area contributed by atoms with Crippen LogP contribution in [0.15, 0.2) is 33.3 Å². The lowest BCUT2D eigenvalue weighted by atomic mass is 10.1. The molecule has 0 bridgehead atoms. The standard InChI is InChI=1S/C13H15BrN2O/c1-9(2)13-15-12(16-17-13)7-6-10-4-3-5-11(14)8-10/h3-5,8-9H,6-7H2,1-2H3. The lowest BCUT2D eigenvalue weighted by Gasteiger charge is -1.98. The second-order valence-electron chi connectivity index (χ2n) is 4.33. The number of rotatable bonds is 4. The van der Waals surface area contributed by atoms with E-state index in [-0.39, 0.29) is 0 Å². The Morgan fingerprint density at radius 2 is 2.12 bits per heavy atom. The first-order chi connectivity index (χ1) is 8.15. The average Bonchev–Trinajstić information content (AvgIpc) is 2.75. The highest BCUT2D eigenvalue weighted by molar-refractivity contribution is 9.10. The number of benzene rings is 1. The highest BCUT2D eigenvalue weighted by atomic mass is 79.9. The molecule has 1 heterocycles. The molecule has 0 saturated heterocycles. The maximum atomic E-state index is 5.17. The maximum Gasteiger partial charge on any atom is 0.229 e. The fourth-order valence-electron chi connectivity index (χ4n) is 1.55. The quantitative estimate of drug-likeness (QED) is 0.862. The molecule has 2 rings (SSSR count). The summed E-state index contributed by atoms with van der Waals surface area (Å²) in [5.74, 6) is 1.80. The van der Waals surface area contributed by atoms with Crippen molar-refractivity contribution < 1.29 is 4.52 Å². The van der Waals surface area contributed by atoms with Gasteiger partial charge in [-0.1, -0.05) is 47.1 Å². The Balaban J connectivity index is 1.97. The number of hydrogen-bond acceptors (Lipinski definition) is 3. The van der Waals surface area contributed by atoms with Crippen molar-refractivity contribution >= 4 is 15.9 Å². The molecule has 0 fully saturated rings. The molecule has 17 heavy (non-hydrogen) atoms. The van der Waals surface area contributed by atoms with Crippen LogP contribution in [0.4, 0.5) is 0 Å². The molecule has 0 radical (unpaired) electrons. The smallest absolute Gasteiger partial charge is 0.229 e. The van der Waals surface area contributed by atoms with E-state index in [1.54, 1.807) is 0 Å². The van der Waals surface area contributed by atoms with Crippen LogP contribution in [-0.4, -0.2) is 10.1 Å². The first-order valence-electron chi connectivity index (χ1n) is 5.72. The van der Waals surface area contributed by atoms with E-state index in [0.717, 1.165) is 23.1 Å². The van der Waals surface area contributed by atoms with Crippen molar-refractivity contribution in [1.82, 2.24) is 10.1 Å². The van der Waals surface area contributed by atoms with Crippen LogP contribution in [0, 0.1) is 0 Å². The molecule has 0 atom stereocenters. The molecular formula is C13H15BrN2O. The van der Waals surface area contributed by atoms with Crippen molar-refractivity contribution in [2.45, 2.75) is 32.6 Å². The second-order valence-corrected chi connectivity index (χ2v) is 5.25. The Morgan fingerprint density at radius 1 is 1.29 bits per heavy atom. The molecule has 0 unspecified atom stereocenters. The van der Waals surface area contributed by atoms with Crippen molar-refractivity contribution in [3.05, 3.63) is 46.0 Å². The first-order valence-corrected chi connectivity index (χ1v) is 6.51. The molecule has 0 aliphatic carbocycles. The van der Waals surface area contributed by atoms with Gasteiger partial charge in [-0.2, -0.15) is 4.98 Å². The minimum atomic E-state index is 0.294. The molecule has 0 aliphatic rings. The molecule has 1 aromatic carbocycles. The van der Waals surface area contributed by atoms with Gasteiger partial charge >= 0.3 is 0 Å². The number of aryl methyl sites for hydroxylation is 2. The summed E-state index contributed by atoms with van der Waals surface area (Å²) in [4.78, 5) is 4.36. The van der Waals surface area contributed by atoms with Crippen LogP contribution in [0.3, 0.4) is 0 Å². The number of nitrogens with zero attached hydrogens (tertiary/aromatic N) is 2. The van der Waals surface area contributed by atoms with Crippen LogP contribution in [-0.2, 0) is 12.8 Å². The van der Waals surface area contributed by atoms with Crippen molar-refractivity contribution in [2.24, 2.45) is 0 Å². The summed E-state index contributed by atoms with van der Waals surface area (Å²) in [6.07, 6.45) is 1.74. The van der Waals surface area contributed by atoms with Gasteiger partial charge in [-0.25, -0.2) is 0 Å². The summed E-state index contributed by atoms with van der Waals surface area (Å²) in [5.41, 5.74) is 1.27. The molecule has 3 nitrogen and oxygen atoms in total. The summed E-state index contributed by atoms with van der Waals surface area (Å²) in [6, 6.07) is 8.28. The van der Waals surface area contributed by atoms with E-state index in [0.29, 0.717) is 11.8 Å². The molecular weight excluding hydrogens is 280 g/mol. The Hall–Kier alpha value is -1.16. The molecule has 90 valence electrons. The SMILES string of the molecule is CC(C)c1nc(CCc2cccc(Br)c2)no1. The largest absolute Gasteiger partial charge is 0.339 e. The third kappa shape index (κ3) is 3.40. The molecule has 0 N–H and O–H groups in total. The van der Waals surface area contributed by atoms with Gasteiger partial charge in [-0.05, 0) is 24.1 Å². The van der Waals surface area contributed by atoms with Crippen molar-refractivity contribution in [1.29, 1.82) is 0 Å². The normalized spacial score (nSPS) is 11.1. The van der Waals surface area contributed by atoms with Gasteiger partial charge in [-0.15, -0.1) is 0 Å². The van der Waals surface area contributed by atoms with E-state index in [9.17, 15) is 0 Å². The maximum absolute atomic E-state index is 5.17. The van der Waals surface area contributed by atoms with Crippen molar-refractivity contribution in [3.63, 3.8) is 0 Å². The summed E-state index contributed by atoms with van der Waals surface area (Å²) in [6.45, 7) is 4.09. The topological polar surface area (TPSA) is 38.9 Å². The summed E-state index contributed by atoms with van der Waals surface area (Å²) in [7, 11) is 0. The summed E-state index contributed by atoms with van der Waals surface area (Å²) in [5, 5.41) is 3.98. The fourth-order valence-corrected chi connectivity index (χ4v) is 2.00. The van der Waals surface area contributed by atoms with E-state index < -0.39 is 0 Å². The van der Waals surface area contributed by atoms with Crippen LogP contribution < -0.4 is 0 Å². The number of halogens is 1. The van der Waals surface area contributed by atoms with Gasteiger partial charge in [0.2, 0.25) is 5.89 Å². The third-order valence-electron chi connectivity index (χ3n) is 2.50. The van der Waals surface area contributed by atoms with Crippen LogP contribution >= 0.6 is 15.9 Å². The van der Waals surface area contributed by atoms with Gasteiger partial charge in [0.1, 0.15) is 0 Å². The van der Waals surface area contributed by atoms with Crippen LogP contribution in [0.1, 0.15) is 37.0 Å². The minimum absolute atomic E-state index is 0.294. The van der Waals surface area contributed by atoms with E-state index in [1.165, 1.54) is 5.56 Å². The minimum Gasteiger partial charge on any atom is -0.339 e. The predicted molar refractivity (Wildman–Crippen MR) is 69.9 cm³/mol. The lowest BCUT2D eigenvalue weighted by molar-refractivity contribution is 0.360. The van der Waals surface area contributed by atoms with Gasteiger partial charge in [0, 0.05) is 16.8 Å². The average molecular weight is 295 g/mol. The Kier molecular flexibility index (Phi) is 3.94. The molecule has 1 aromatic heterocycles. The van der Waals surface area contributed by atoms with E-state index >= 15 is 0 Å². The summed E-state index contributed by atoms with van der Waals surface area (Å²) >= 11 is 3.46. The van der Waals surface area contributed by atoms with Crippen LogP contribution in [0.5, 0.6) is 0 Å². The van der Waals surface area contributed by atoms with Crippen LogP contribution in [0.25, 0.3) is 0 Å². The fraction of sp³-hybridized carbons (Fsp3) is 0.385. The predicted octanol–water partition coefficient (Wildman–Crippen LogP) is 3.74. The zero-order valence-corrected chi connectivity index (χ0v) is 11.6. The van der Waals surface area contributed by atoms with Crippen LogP contribution in [0.2, 0.25) is 0 Å². The van der Waals surface area contributed by atoms with E-state index in [4.69, 9.17) is 4.52 Å². The molecule has 0 spiro atoms. The van der Waals surface area contributed by atoms with Gasteiger partial charge in [-0.3, -0.25) is 0 Å². The molecule has 4 heteroatoms. The zero-order valence-electron chi connectivity index (χ0n) is 9.98. The first kappa shape index (κ1) is 12.3. The van der Waals surface area contributed by atoms with Gasteiger partial charge in [0.15, 0.2) is 5.82 Å². The highest BCUT2D eigenvalue weighted by Crippen LogP contribution is 2.15. The highest BCUT2D eigenvalue weighted by Gasteiger charge is 2.09. The molecule has 0 saturated carbocycles. The Labute approximate surface area is 109 Å². The van der Waals surface area contributed by atoms with Gasteiger partial charge in [0.05, 0.1) is 0 Å². The number of hydrogen-bond donors (Lipinski definition) is 0. The Bertz CT molecular complexity index is 494. The van der Waals surface area contributed by atoms with Gasteiger partial charge in [0.25, 0.3) is 0 Å². The molecule has 0 amide bonds. The van der Waals surface area contributed by atoms with E-state index in [1.807, 2.05) is 26.0 Å². The lowest BCUT2D eigenvalue weighted by Crippen LogP contribution is -1.94. The molecule has 2 aromatic rings. The summed E-state index contributed by atoms with van der Waals surface area (Å²) < 4.78 is 6.27. The zero-order chi connectivity index (χ0) is 12.3. The second kappa shape index (κ2) is 5.45. The van der Waals surface area contributed by atoms with Crippen molar-refractivity contribution in [2.75, 3.05) is 0 Å². The third-order valence-corrected chi connectivity index (χ3v) is 3.00. The van der Waals surface area contributed by atoms with Gasteiger partial charge < -0.3 is 4.52 Å².